The molecule has 0 unspecified atom stereocenters. The summed E-state index contributed by atoms with van der Waals surface area (Å²) in [5, 5.41) is 0.685. The summed E-state index contributed by atoms with van der Waals surface area (Å²) in [4.78, 5) is 23.6. The van der Waals surface area contributed by atoms with E-state index in [4.69, 9.17) is 0 Å². The highest BCUT2D eigenvalue weighted by molar-refractivity contribution is 8.13. The predicted octanol–water partition coefficient (Wildman–Crippen LogP) is -1.95. The van der Waals surface area contributed by atoms with Gasteiger partial charge in [0, 0.05) is 12.8 Å². The maximum atomic E-state index is 11.8. The van der Waals surface area contributed by atoms with Gasteiger partial charge in [-0.05, 0) is 12.8 Å². The molecule has 0 saturated carbocycles. The Hall–Kier alpha value is 1.42. The third kappa shape index (κ3) is 27.4. The molecule has 8 heteroatoms. The highest BCUT2D eigenvalue weighted by Gasteiger charge is 2.10. The third-order valence-corrected chi connectivity index (χ3v) is 5.89. The number of hydrogen-bond donors (Lipinski definition) is 0. The second-order valence-corrected chi connectivity index (χ2v) is 11.4. The first-order chi connectivity index (χ1) is 12.0. The number of halogens is 2. The molecule has 0 spiro atoms. The molecule has 0 aliphatic heterocycles. The molecule has 170 valence electrons. The van der Waals surface area contributed by atoms with Crippen molar-refractivity contribution in [3.8, 4) is 0 Å². The van der Waals surface area contributed by atoms with Crippen LogP contribution in [0.15, 0.2) is 0 Å². The molecule has 0 amide bonds. The van der Waals surface area contributed by atoms with Gasteiger partial charge in [-0.15, -0.1) is 0 Å². The van der Waals surface area contributed by atoms with Gasteiger partial charge in [-0.2, -0.15) is 0 Å². The average molecular weight is 661 g/mol. The van der Waals surface area contributed by atoms with Crippen LogP contribution in [0.4, 0.5) is 0 Å². The molecule has 0 atom stereocenters. The number of carbonyl (C=O) groups excluding carboxylic acids is 2. The summed E-state index contributed by atoms with van der Waals surface area (Å²) in [7, 11) is 12.9. The summed E-state index contributed by atoms with van der Waals surface area (Å²) < 4.78 is 1.83. The first kappa shape index (κ1) is 34.0. The molecule has 0 rings (SSSR count). The molecule has 28 heavy (non-hydrogen) atoms. The number of hydrogen-bond acceptors (Lipinski definition) is 4. The van der Waals surface area contributed by atoms with Crippen molar-refractivity contribution < 1.29 is 66.5 Å². The minimum absolute atomic E-state index is 0. The number of carbonyl (C=O) groups is 2. The van der Waals surface area contributed by atoms with Gasteiger partial charge in [-0.25, -0.2) is 0 Å². The molecule has 0 aromatic rings. The second-order valence-electron chi connectivity index (χ2n) is 9.09. The Bertz CT molecular complexity index is 374. The van der Waals surface area contributed by atoms with E-state index in [0.29, 0.717) is 23.1 Å². The lowest BCUT2D eigenvalue weighted by Crippen LogP contribution is -3.00. The van der Waals surface area contributed by atoms with E-state index in [2.05, 4.69) is 42.3 Å². The first-order valence-corrected chi connectivity index (χ1v) is 11.9. The van der Waals surface area contributed by atoms with Crippen molar-refractivity contribution in [2.45, 2.75) is 51.4 Å². The molecular weight excluding hydrogens is 618 g/mol. The minimum Gasteiger partial charge on any atom is -1.00 e. The summed E-state index contributed by atoms with van der Waals surface area (Å²) in [6.07, 6.45) is 8.07. The van der Waals surface area contributed by atoms with Crippen LogP contribution in [0, 0.1) is 0 Å². The molecule has 4 nitrogen and oxygen atoms in total. The van der Waals surface area contributed by atoms with Gasteiger partial charge in [0.15, 0.2) is 10.2 Å². The number of rotatable bonds is 15. The zero-order valence-electron chi connectivity index (χ0n) is 18.8. The van der Waals surface area contributed by atoms with Crippen molar-refractivity contribution in [1.82, 2.24) is 0 Å². The largest absolute Gasteiger partial charge is 1.00 e. The summed E-state index contributed by atoms with van der Waals surface area (Å²) in [5.74, 6) is 1.84. The van der Waals surface area contributed by atoms with Crippen LogP contribution in [0.1, 0.15) is 51.4 Å². The van der Waals surface area contributed by atoms with Crippen LogP contribution in [-0.2, 0) is 9.59 Å². The molecule has 0 N–H and O–H groups in total. The number of nitrogens with zero attached hydrogens (tertiary/aromatic N) is 2. The van der Waals surface area contributed by atoms with Gasteiger partial charge in [0.1, 0.15) is 0 Å². The van der Waals surface area contributed by atoms with Crippen molar-refractivity contribution in [3.63, 3.8) is 0 Å². The Morgan fingerprint density at radius 1 is 0.571 bits per heavy atom. The van der Waals surface area contributed by atoms with E-state index in [9.17, 15) is 9.59 Å². The normalized spacial score (nSPS) is 11.5. The average Bonchev–Trinajstić information content (AvgIpc) is 2.47. The van der Waals surface area contributed by atoms with Crippen LogP contribution in [0.25, 0.3) is 0 Å². The predicted molar refractivity (Wildman–Crippen MR) is 118 cm³/mol. The Morgan fingerprint density at radius 2 is 0.857 bits per heavy atom. The third-order valence-electron chi connectivity index (χ3n) is 4.06. The van der Waals surface area contributed by atoms with E-state index >= 15 is 0 Å². The van der Waals surface area contributed by atoms with Gasteiger partial charge in [-0.1, -0.05) is 49.2 Å². The standard InChI is InChI=1S/C20H42N2O2S2.2HI/c1-21(2,3)15-17-25-19(23)13-11-9-7-8-10-12-14-20(24)26-18-16-22(4,5)6;;/h7-18H2,1-6H3;2*1H/q+2;;/p-2. The molecule has 0 aliphatic carbocycles. The maximum absolute atomic E-state index is 11.8. The van der Waals surface area contributed by atoms with E-state index in [0.717, 1.165) is 59.2 Å². The van der Waals surface area contributed by atoms with Gasteiger partial charge < -0.3 is 56.9 Å². The van der Waals surface area contributed by atoms with Crippen LogP contribution in [0.5, 0.6) is 0 Å². The van der Waals surface area contributed by atoms with Gasteiger partial charge in [0.25, 0.3) is 0 Å². The lowest BCUT2D eigenvalue weighted by Gasteiger charge is -2.23. The van der Waals surface area contributed by atoms with Crippen molar-refractivity contribution in [1.29, 1.82) is 0 Å². The second kappa shape index (κ2) is 19.1. The lowest BCUT2D eigenvalue weighted by atomic mass is 10.1. The van der Waals surface area contributed by atoms with E-state index in [-0.39, 0.29) is 48.0 Å². The topological polar surface area (TPSA) is 34.1 Å². The van der Waals surface area contributed by atoms with Crippen LogP contribution >= 0.6 is 23.5 Å². The van der Waals surface area contributed by atoms with Crippen molar-refractivity contribution in [2.24, 2.45) is 0 Å². The monoisotopic (exact) mass is 660 g/mol. The summed E-state index contributed by atoms with van der Waals surface area (Å²) in [6, 6.07) is 0. The Kier molecular flexibility index (Phi) is 23.3. The molecule has 0 aromatic carbocycles. The molecule has 0 radical (unpaired) electrons. The summed E-state index contributed by atoms with van der Waals surface area (Å²) in [5.41, 5.74) is 0. The highest BCUT2D eigenvalue weighted by Crippen LogP contribution is 2.15. The molecule has 0 aromatic heterocycles. The zero-order chi connectivity index (χ0) is 20.1. The fraction of sp³-hybridized carbons (Fsp3) is 0.900. The van der Waals surface area contributed by atoms with Gasteiger partial charge in [-0.3, -0.25) is 9.59 Å². The van der Waals surface area contributed by atoms with Crippen LogP contribution in [-0.4, -0.2) is 86.1 Å². The van der Waals surface area contributed by atoms with E-state index in [1.165, 1.54) is 36.4 Å². The maximum Gasteiger partial charge on any atom is 0.189 e. The number of quaternary nitrogens is 2. The van der Waals surface area contributed by atoms with Crippen molar-refractivity contribution >= 4 is 33.8 Å². The van der Waals surface area contributed by atoms with Crippen molar-refractivity contribution in [3.05, 3.63) is 0 Å². The minimum atomic E-state index is 0. The zero-order valence-corrected chi connectivity index (χ0v) is 24.7. The quantitative estimate of drug-likeness (QED) is 0.116. The molecule has 0 fully saturated rings. The smallest absolute Gasteiger partial charge is 0.189 e. The van der Waals surface area contributed by atoms with Crippen molar-refractivity contribution in [2.75, 3.05) is 66.9 Å². The molecule has 0 saturated heterocycles. The molecule has 0 aliphatic rings. The number of thioether (sulfide) groups is 2. The van der Waals surface area contributed by atoms with Gasteiger partial charge in [0.05, 0.1) is 66.9 Å². The van der Waals surface area contributed by atoms with E-state index in [1.807, 2.05) is 0 Å². The molecular formula is C20H42I2N2O2S2. The lowest BCUT2D eigenvalue weighted by molar-refractivity contribution is -0.867. The fourth-order valence-electron chi connectivity index (χ4n) is 2.26. The molecule has 0 heterocycles. The van der Waals surface area contributed by atoms with E-state index < -0.39 is 0 Å². The van der Waals surface area contributed by atoms with Crippen LogP contribution in [0.2, 0.25) is 0 Å². The molecule has 0 bridgehead atoms. The Morgan fingerprint density at radius 3 is 1.14 bits per heavy atom. The first-order valence-electron chi connectivity index (χ1n) is 9.92. The highest BCUT2D eigenvalue weighted by atomic mass is 127. The Labute approximate surface area is 216 Å². The van der Waals surface area contributed by atoms with Crippen LogP contribution < -0.4 is 48.0 Å². The van der Waals surface area contributed by atoms with Gasteiger partial charge in [0.2, 0.25) is 0 Å². The van der Waals surface area contributed by atoms with Crippen LogP contribution in [0.3, 0.4) is 0 Å². The summed E-state index contributed by atoms with van der Waals surface area (Å²) >= 11 is 2.98. The Balaban J connectivity index is -0.00000312. The van der Waals surface area contributed by atoms with E-state index in [1.54, 1.807) is 0 Å². The fourth-order valence-corrected chi connectivity index (χ4v) is 4.57. The SMILES string of the molecule is C[N+](C)(C)CCSC(=O)CCCCCCCCC(=O)SCC[N+](C)(C)C.[I-].[I-]. The van der Waals surface area contributed by atoms with Gasteiger partial charge >= 0.3 is 0 Å². The number of unbranched alkanes of at least 4 members (excludes halogenated alkanes) is 5. The summed E-state index contributed by atoms with van der Waals surface area (Å²) in [6.45, 7) is 2.06.